The second kappa shape index (κ2) is 6.34. The van der Waals surface area contributed by atoms with Crippen molar-refractivity contribution in [2.45, 2.75) is 13.3 Å². The highest BCUT2D eigenvalue weighted by atomic mass is 16.6. The van der Waals surface area contributed by atoms with E-state index >= 15 is 0 Å². The first-order chi connectivity index (χ1) is 10.9. The lowest BCUT2D eigenvalue weighted by Gasteiger charge is -2.11. The second-order valence-electron chi connectivity index (χ2n) is 4.78. The summed E-state index contributed by atoms with van der Waals surface area (Å²) in [4.78, 5) is 38.3. The third kappa shape index (κ3) is 3.23. The van der Waals surface area contributed by atoms with Gasteiger partial charge in [-0.3, -0.25) is 19.9 Å². The van der Waals surface area contributed by atoms with E-state index in [0.29, 0.717) is 22.6 Å². The first-order valence-electron chi connectivity index (χ1n) is 6.58. The number of nitrogens with zero attached hydrogens (tertiary/aromatic N) is 1. The summed E-state index contributed by atoms with van der Waals surface area (Å²) in [5.74, 6) is 0.403. The number of ether oxygens (including phenoxy) is 2. The summed E-state index contributed by atoms with van der Waals surface area (Å²) in [7, 11) is 2.73. The molecule has 0 unspecified atom stereocenters. The van der Waals surface area contributed by atoms with Crippen LogP contribution in [0.1, 0.15) is 16.8 Å². The van der Waals surface area contributed by atoms with E-state index in [1.54, 1.807) is 6.92 Å². The highest BCUT2D eigenvalue weighted by Gasteiger charge is 2.21. The Hall–Kier alpha value is -3.10. The van der Waals surface area contributed by atoms with Crippen molar-refractivity contribution >= 4 is 5.69 Å². The number of nitrogens with one attached hydrogen (secondary N) is 2. The van der Waals surface area contributed by atoms with Gasteiger partial charge in [-0.2, -0.15) is 0 Å². The third-order valence-electron chi connectivity index (χ3n) is 3.40. The van der Waals surface area contributed by atoms with E-state index in [1.165, 1.54) is 26.4 Å². The van der Waals surface area contributed by atoms with Gasteiger partial charge in [-0.15, -0.1) is 0 Å². The number of nitro benzene ring substituents is 1. The molecule has 0 saturated heterocycles. The average molecular weight is 321 g/mol. The number of aromatic nitrogens is 2. The maximum atomic E-state index is 11.9. The van der Waals surface area contributed by atoms with Gasteiger partial charge in [0.2, 0.25) is 5.75 Å². The normalized spacial score (nSPS) is 10.4. The van der Waals surface area contributed by atoms with Crippen LogP contribution in [0.4, 0.5) is 5.69 Å². The molecular formula is C14H15N3O6. The van der Waals surface area contributed by atoms with Gasteiger partial charge < -0.3 is 14.5 Å². The fourth-order valence-electron chi connectivity index (χ4n) is 2.26. The zero-order chi connectivity index (χ0) is 17.1. The van der Waals surface area contributed by atoms with Crippen molar-refractivity contribution in [3.63, 3.8) is 0 Å². The predicted molar refractivity (Wildman–Crippen MR) is 81.4 cm³/mol. The third-order valence-corrected chi connectivity index (χ3v) is 3.40. The summed E-state index contributed by atoms with van der Waals surface area (Å²) >= 11 is 0. The van der Waals surface area contributed by atoms with Crippen LogP contribution in [-0.2, 0) is 6.42 Å². The Kier molecular flexibility index (Phi) is 4.49. The highest BCUT2D eigenvalue weighted by Crippen LogP contribution is 2.35. The molecule has 2 aromatic rings. The molecule has 0 aliphatic rings. The van der Waals surface area contributed by atoms with E-state index in [1.807, 2.05) is 0 Å². The van der Waals surface area contributed by atoms with Gasteiger partial charge in [0.1, 0.15) is 5.75 Å². The number of benzene rings is 1. The van der Waals surface area contributed by atoms with Crippen LogP contribution in [0.5, 0.6) is 11.5 Å². The minimum absolute atomic E-state index is 0.0581. The molecule has 2 N–H and O–H groups in total. The van der Waals surface area contributed by atoms with Crippen LogP contribution in [-0.4, -0.2) is 29.1 Å². The van der Waals surface area contributed by atoms with Crippen LogP contribution in [0.15, 0.2) is 21.7 Å². The van der Waals surface area contributed by atoms with Crippen molar-refractivity contribution in [3.8, 4) is 11.5 Å². The molecule has 122 valence electrons. The Labute approximate surface area is 130 Å². The molecule has 0 saturated carbocycles. The molecule has 0 aliphatic carbocycles. The second-order valence-corrected chi connectivity index (χ2v) is 4.78. The molecule has 9 heteroatoms. The number of H-pyrrole nitrogens is 2. The van der Waals surface area contributed by atoms with Gasteiger partial charge in [-0.25, -0.2) is 4.79 Å². The lowest BCUT2D eigenvalue weighted by atomic mass is 10.0. The van der Waals surface area contributed by atoms with Crippen LogP contribution in [0.2, 0.25) is 0 Å². The van der Waals surface area contributed by atoms with Gasteiger partial charge >= 0.3 is 11.4 Å². The van der Waals surface area contributed by atoms with Gasteiger partial charge in [0.25, 0.3) is 5.56 Å². The number of hydrogen-bond acceptors (Lipinski definition) is 6. The SMILES string of the molecule is COc1cc(OC)c([N+](=O)[O-])cc1Cc1c(C)[nH]c(=O)[nH]c1=O. The average Bonchev–Trinajstić information content (AvgIpc) is 2.49. The monoisotopic (exact) mass is 321 g/mol. The predicted octanol–water partition coefficient (Wildman–Crippen LogP) is 0.888. The maximum absolute atomic E-state index is 11.9. The summed E-state index contributed by atoms with van der Waals surface area (Å²) in [6.07, 6.45) is 0.0615. The lowest BCUT2D eigenvalue weighted by molar-refractivity contribution is -0.385. The van der Waals surface area contributed by atoms with Crippen LogP contribution >= 0.6 is 0 Å². The first kappa shape index (κ1) is 16.3. The van der Waals surface area contributed by atoms with E-state index in [0.717, 1.165) is 0 Å². The van der Waals surface area contributed by atoms with Gasteiger partial charge in [-0.1, -0.05) is 0 Å². The summed E-state index contributed by atoms with van der Waals surface area (Å²) in [5, 5.41) is 11.1. The van der Waals surface area contributed by atoms with E-state index in [4.69, 9.17) is 9.47 Å². The van der Waals surface area contributed by atoms with Gasteiger partial charge in [-0.05, 0) is 6.92 Å². The van der Waals surface area contributed by atoms with Crippen molar-refractivity contribution in [2.24, 2.45) is 0 Å². The smallest absolute Gasteiger partial charge is 0.325 e. The van der Waals surface area contributed by atoms with E-state index < -0.39 is 16.2 Å². The van der Waals surface area contributed by atoms with Gasteiger partial charge in [0, 0.05) is 35.4 Å². The Morgan fingerprint density at radius 1 is 1.13 bits per heavy atom. The molecule has 23 heavy (non-hydrogen) atoms. The summed E-state index contributed by atoms with van der Waals surface area (Å²) in [6, 6.07) is 2.68. The van der Waals surface area contributed by atoms with Crippen molar-refractivity contribution < 1.29 is 14.4 Å². The fourth-order valence-corrected chi connectivity index (χ4v) is 2.26. The number of methoxy groups -OCH3 is 2. The zero-order valence-corrected chi connectivity index (χ0v) is 12.8. The Bertz CT molecular complexity index is 868. The van der Waals surface area contributed by atoms with Crippen LogP contribution in [0.25, 0.3) is 0 Å². The lowest BCUT2D eigenvalue weighted by Crippen LogP contribution is -2.27. The summed E-state index contributed by atoms with van der Waals surface area (Å²) in [5.41, 5.74) is -0.278. The molecule has 0 bridgehead atoms. The molecule has 0 amide bonds. The minimum Gasteiger partial charge on any atom is -0.496 e. The topological polar surface area (TPSA) is 127 Å². The first-order valence-corrected chi connectivity index (χ1v) is 6.58. The number of aryl methyl sites for hydroxylation is 1. The molecule has 1 aromatic heterocycles. The van der Waals surface area contributed by atoms with E-state index in [2.05, 4.69) is 9.97 Å². The molecule has 0 atom stereocenters. The molecule has 1 aromatic carbocycles. The fraction of sp³-hybridized carbons (Fsp3) is 0.286. The molecule has 2 rings (SSSR count). The Morgan fingerprint density at radius 3 is 2.30 bits per heavy atom. The Balaban J connectivity index is 2.60. The molecule has 0 fully saturated rings. The quantitative estimate of drug-likeness (QED) is 0.622. The Morgan fingerprint density at radius 2 is 1.78 bits per heavy atom. The van der Waals surface area contributed by atoms with Crippen molar-refractivity contribution in [1.29, 1.82) is 0 Å². The van der Waals surface area contributed by atoms with Crippen LogP contribution < -0.4 is 20.7 Å². The molecule has 9 nitrogen and oxygen atoms in total. The summed E-state index contributed by atoms with van der Waals surface area (Å²) < 4.78 is 10.2. The minimum atomic E-state index is -0.607. The van der Waals surface area contributed by atoms with Crippen molar-refractivity contribution in [2.75, 3.05) is 14.2 Å². The van der Waals surface area contributed by atoms with Crippen molar-refractivity contribution in [3.05, 3.63) is 59.9 Å². The molecule has 0 aliphatic heterocycles. The van der Waals surface area contributed by atoms with E-state index in [9.17, 15) is 19.7 Å². The number of nitro groups is 1. The molecule has 1 heterocycles. The van der Waals surface area contributed by atoms with E-state index in [-0.39, 0.29) is 17.9 Å². The molecular weight excluding hydrogens is 306 g/mol. The van der Waals surface area contributed by atoms with Crippen LogP contribution in [0, 0.1) is 17.0 Å². The number of rotatable bonds is 5. The van der Waals surface area contributed by atoms with Gasteiger partial charge in [0.05, 0.1) is 19.1 Å². The highest BCUT2D eigenvalue weighted by molar-refractivity contribution is 5.56. The zero-order valence-electron chi connectivity index (χ0n) is 12.8. The van der Waals surface area contributed by atoms with Gasteiger partial charge in [0.15, 0.2) is 0 Å². The number of hydrogen-bond donors (Lipinski definition) is 2. The largest absolute Gasteiger partial charge is 0.496 e. The number of aromatic amines is 2. The van der Waals surface area contributed by atoms with Crippen LogP contribution in [0.3, 0.4) is 0 Å². The standard InChI is InChI=1S/C14H15N3O6/c1-7-9(13(18)16-14(19)15-7)4-8-5-10(17(20)21)12(23-3)6-11(8)22-2/h5-6H,4H2,1-3H3,(H2,15,16,18,19). The maximum Gasteiger partial charge on any atom is 0.325 e. The molecule has 0 radical (unpaired) electrons. The van der Waals surface area contributed by atoms with Crippen molar-refractivity contribution in [1.82, 2.24) is 9.97 Å². The molecule has 0 spiro atoms. The summed E-state index contributed by atoms with van der Waals surface area (Å²) in [6.45, 7) is 1.58.